The first-order valence-corrected chi connectivity index (χ1v) is 7.82. The minimum Gasteiger partial charge on any atom is -0.461 e. The Labute approximate surface area is 144 Å². The molecule has 0 unspecified atom stereocenters. The third-order valence-electron chi connectivity index (χ3n) is 4.00. The summed E-state index contributed by atoms with van der Waals surface area (Å²) in [7, 11) is 0. The highest BCUT2D eigenvalue weighted by atomic mass is 16.5. The van der Waals surface area contributed by atoms with Gasteiger partial charge in [0.05, 0.1) is 29.8 Å². The van der Waals surface area contributed by atoms with E-state index in [9.17, 15) is 14.4 Å². The molecular formula is C18H17N3O4. The Hall–Kier alpha value is -3.22. The van der Waals surface area contributed by atoms with Crippen molar-refractivity contribution in [3.8, 4) is 0 Å². The average Bonchev–Trinajstić information content (AvgIpc) is 3.05. The van der Waals surface area contributed by atoms with Crippen molar-refractivity contribution in [3.63, 3.8) is 0 Å². The number of esters is 1. The van der Waals surface area contributed by atoms with Crippen LogP contribution in [0.25, 0.3) is 11.6 Å². The SMILES string of the molecule is CCOC(=O)c1[nH]c(C=C2C(=O)Nc3cnccc32)c(C(C)=O)c1C. The summed E-state index contributed by atoms with van der Waals surface area (Å²) in [4.78, 5) is 43.3. The number of hydrogen-bond donors (Lipinski definition) is 2. The van der Waals surface area contributed by atoms with E-state index in [2.05, 4.69) is 15.3 Å². The van der Waals surface area contributed by atoms with Gasteiger partial charge in [0.25, 0.3) is 5.91 Å². The standard InChI is InChI=1S/C18H17N3O4/c1-4-25-18(24)16-9(2)15(10(3)22)13(20-16)7-12-11-5-6-19-8-14(11)21-17(12)23/h5-8,20H,4H2,1-3H3,(H,21,23). The van der Waals surface area contributed by atoms with Crippen LogP contribution in [0.2, 0.25) is 0 Å². The number of anilines is 1. The molecule has 128 valence electrons. The van der Waals surface area contributed by atoms with Crippen molar-refractivity contribution in [1.29, 1.82) is 0 Å². The molecule has 7 heteroatoms. The highest BCUT2D eigenvalue weighted by Gasteiger charge is 2.27. The summed E-state index contributed by atoms with van der Waals surface area (Å²) in [6.45, 7) is 5.03. The zero-order chi connectivity index (χ0) is 18.1. The summed E-state index contributed by atoms with van der Waals surface area (Å²) in [5, 5.41) is 2.72. The molecule has 0 aliphatic carbocycles. The van der Waals surface area contributed by atoms with Gasteiger partial charge in [-0.05, 0) is 38.5 Å². The van der Waals surface area contributed by atoms with E-state index in [1.54, 1.807) is 38.4 Å². The molecule has 0 fully saturated rings. The second-order valence-corrected chi connectivity index (χ2v) is 5.62. The molecule has 2 N–H and O–H groups in total. The number of rotatable bonds is 4. The molecule has 1 aliphatic rings. The molecule has 2 aromatic rings. The predicted molar refractivity (Wildman–Crippen MR) is 92.2 cm³/mol. The lowest BCUT2D eigenvalue weighted by atomic mass is 10.0. The number of nitrogens with one attached hydrogen (secondary N) is 2. The van der Waals surface area contributed by atoms with Gasteiger partial charge in [-0.1, -0.05) is 0 Å². The molecule has 3 rings (SSSR count). The number of carbonyl (C=O) groups is 3. The van der Waals surface area contributed by atoms with Crippen LogP contribution in [0.3, 0.4) is 0 Å². The normalized spacial score (nSPS) is 14.4. The predicted octanol–water partition coefficient (Wildman–Crippen LogP) is 2.59. The van der Waals surface area contributed by atoms with Crippen LogP contribution < -0.4 is 5.32 Å². The zero-order valence-electron chi connectivity index (χ0n) is 14.1. The van der Waals surface area contributed by atoms with Crippen LogP contribution in [-0.2, 0) is 9.53 Å². The van der Waals surface area contributed by atoms with Crippen molar-refractivity contribution in [1.82, 2.24) is 9.97 Å². The molecule has 0 radical (unpaired) electrons. The molecule has 7 nitrogen and oxygen atoms in total. The summed E-state index contributed by atoms with van der Waals surface area (Å²) in [5.41, 5.74) is 3.19. The lowest BCUT2D eigenvalue weighted by Gasteiger charge is -2.00. The maximum absolute atomic E-state index is 12.2. The summed E-state index contributed by atoms with van der Waals surface area (Å²) in [6.07, 6.45) is 4.72. The minimum atomic E-state index is -0.535. The number of aromatic amines is 1. The van der Waals surface area contributed by atoms with Gasteiger partial charge in [-0.2, -0.15) is 0 Å². The van der Waals surface area contributed by atoms with Gasteiger partial charge in [0.1, 0.15) is 5.69 Å². The third-order valence-corrected chi connectivity index (χ3v) is 4.00. The fraction of sp³-hybridized carbons (Fsp3) is 0.222. The highest BCUT2D eigenvalue weighted by Crippen LogP contribution is 2.33. The molecule has 2 aromatic heterocycles. The minimum absolute atomic E-state index is 0.204. The van der Waals surface area contributed by atoms with Crippen LogP contribution in [0.1, 0.15) is 51.5 Å². The number of H-pyrrole nitrogens is 1. The first-order valence-electron chi connectivity index (χ1n) is 7.82. The second kappa shape index (κ2) is 6.35. The smallest absolute Gasteiger partial charge is 0.355 e. The van der Waals surface area contributed by atoms with E-state index >= 15 is 0 Å². The largest absolute Gasteiger partial charge is 0.461 e. The molecule has 0 aromatic carbocycles. The average molecular weight is 339 g/mol. The number of aromatic nitrogens is 2. The van der Waals surface area contributed by atoms with Crippen LogP contribution in [0.4, 0.5) is 5.69 Å². The van der Waals surface area contributed by atoms with Gasteiger partial charge in [-0.15, -0.1) is 0 Å². The molecule has 0 saturated heterocycles. The van der Waals surface area contributed by atoms with Gasteiger partial charge in [0.2, 0.25) is 0 Å². The number of ketones is 1. The number of hydrogen-bond acceptors (Lipinski definition) is 5. The van der Waals surface area contributed by atoms with Gasteiger partial charge in [-0.3, -0.25) is 14.6 Å². The Morgan fingerprint density at radius 2 is 2.12 bits per heavy atom. The molecule has 0 spiro atoms. The molecule has 3 heterocycles. The van der Waals surface area contributed by atoms with Crippen LogP contribution in [0.15, 0.2) is 18.5 Å². The number of Topliss-reactive ketones (excluding diaryl/α,β-unsaturated/α-hetero) is 1. The van der Waals surface area contributed by atoms with E-state index in [1.807, 2.05) is 0 Å². The number of nitrogens with zero attached hydrogens (tertiary/aromatic N) is 1. The number of ether oxygens (including phenoxy) is 1. The first kappa shape index (κ1) is 16.6. The number of fused-ring (bicyclic) bond motifs is 1. The van der Waals surface area contributed by atoms with E-state index in [-0.39, 0.29) is 24.0 Å². The molecule has 0 bridgehead atoms. The quantitative estimate of drug-likeness (QED) is 0.506. The Balaban J connectivity index is 2.15. The highest BCUT2D eigenvalue weighted by molar-refractivity contribution is 6.35. The Morgan fingerprint density at radius 1 is 1.36 bits per heavy atom. The maximum Gasteiger partial charge on any atom is 0.355 e. The molecule has 25 heavy (non-hydrogen) atoms. The number of pyridine rings is 1. The molecule has 0 atom stereocenters. The fourth-order valence-corrected chi connectivity index (χ4v) is 2.92. The fourth-order valence-electron chi connectivity index (χ4n) is 2.92. The monoisotopic (exact) mass is 339 g/mol. The second-order valence-electron chi connectivity index (χ2n) is 5.62. The van der Waals surface area contributed by atoms with Crippen molar-refractivity contribution in [2.24, 2.45) is 0 Å². The summed E-state index contributed by atoms with van der Waals surface area (Å²) in [5.74, 6) is -1.03. The molecule has 1 aliphatic heterocycles. The lowest BCUT2D eigenvalue weighted by Crippen LogP contribution is -2.07. The summed E-state index contributed by atoms with van der Waals surface area (Å²) in [6, 6.07) is 1.72. The lowest BCUT2D eigenvalue weighted by molar-refractivity contribution is -0.110. The van der Waals surface area contributed by atoms with Crippen molar-refractivity contribution in [2.75, 3.05) is 11.9 Å². The number of carbonyl (C=O) groups excluding carboxylic acids is 3. The Kier molecular flexibility index (Phi) is 4.22. The van der Waals surface area contributed by atoms with Crippen molar-refractivity contribution >= 4 is 35.0 Å². The maximum atomic E-state index is 12.2. The first-order chi connectivity index (χ1) is 11.9. The van der Waals surface area contributed by atoms with Crippen LogP contribution in [0, 0.1) is 6.92 Å². The van der Waals surface area contributed by atoms with Crippen molar-refractivity contribution < 1.29 is 19.1 Å². The van der Waals surface area contributed by atoms with Gasteiger partial charge in [0, 0.05) is 17.3 Å². The number of amides is 1. The topological polar surface area (TPSA) is 101 Å². The summed E-state index contributed by atoms with van der Waals surface area (Å²) >= 11 is 0. The molecule has 0 saturated carbocycles. The van der Waals surface area contributed by atoms with Crippen molar-refractivity contribution in [2.45, 2.75) is 20.8 Å². The van der Waals surface area contributed by atoms with E-state index in [0.29, 0.717) is 33.6 Å². The Morgan fingerprint density at radius 3 is 2.80 bits per heavy atom. The van der Waals surface area contributed by atoms with E-state index in [4.69, 9.17) is 4.74 Å². The zero-order valence-corrected chi connectivity index (χ0v) is 14.1. The third kappa shape index (κ3) is 2.84. The van der Waals surface area contributed by atoms with E-state index in [0.717, 1.165) is 0 Å². The van der Waals surface area contributed by atoms with Crippen LogP contribution in [0.5, 0.6) is 0 Å². The van der Waals surface area contributed by atoms with E-state index in [1.165, 1.54) is 6.92 Å². The van der Waals surface area contributed by atoms with Crippen LogP contribution >= 0.6 is 0 Å². The van der Waals surface area contributed by atoms with Gasteiger partial charge >= 0.3 is 5.97 Å². The van der Waals surface area contributed by atoms with Gasteiger partial charge in [-0.25, -0.2) is 4.79 Å². The van der Waals surface area contributed by atoms with Gasteiger partial charge < -0.3 is 15.0 Å². The molecule has 1 amide bonds. The van der Waals surface area contributed by atoms with Gasteiger partial charge in [0.15, 0.2) is 5.78 Å². The molecular weight excluding hydrogens is 322 g/mol. The van der Waals surface area contributed by atoms with Crippen molar-refractivity contribution in [3.05, 3.63) is 46.5 Å². The Bertz CT molecular complexity index is 924. The summed E-state index contributed by atoms with van der Waals surface area (Å²) < 4.78 is 5.01. The van der Waals surface area contributed by atoms with Crippen LogP contribution in [-0.4, -0.2) is 34.2 Å². The van der Waals surface area contributed by atoms with E-state index < -0.39 is 5.97 Å².